The van der Waals surface area contributed by atoms with E-state index in [-0.39, 0.29) is 0 Å². The summed E-state index contributed by atoms with van der Waals surface area (Å²) in [4.78, 5) is 12.9. The first-order chi connectivity index (χ1) is 6.16. The molecule has 0 saturated heterocycles. The first-order valence-corrected chi connectivity index (χ1v) is 4.32. The molecule has 0 atom stereocenters. The summed E-state index contributed by atoms with van der Waals surface area (Å²) in [6, 6.07) is 0. The smallest absolute Gasteiger partial charge is 0.300 e. The molecule has 0 unspecified atom stereocenters. The summed E-state index contributed by atoms with van der Waals surface area (Å²) in [7, 11) is 0. The molecule has 0 aliphatic heterocycles. The number of aliphatic carboxylic acids is 1. The van der Waals surface area contributed by atoms with Crippen molar-refractivity contribution in [3.05, 3.63) is 18.7 Å². The van der Waals surface area contributed by atoms with Gasteiger partial charge >= 0.3 is 0 Å². The Hall–Kier alpha value is -1.32. The van der Waals surface area contributed by atoms with Crippen molar-refractivity contribution < 1.29 is 9.90 Å². The number of rotatable bonds is 3. The van der Waals surface area contributed by atoms with Crippen molar-refractivity contribution >= 4 is 5.97 Å². The maximum Gasteiger partial charge on any atom is 0.300 e. The number of carboxylic acids is 1. The van der Waals surface area contributed by atoms with E-state index in [4.69, 9.17) is 9.90 Å². The molecule has 0 spiro atoms. The molecule has 1 aromatic heterocycles. The summed E-state index contributed by atoms with van der Waals surface area (Å²) in [5.41, 5.74) is 0. The highest BCUT2D eigenvalue weighted by molar-refractivity contribution is 5.62. The second kappa shape index (κ2) is 7.34. The third kappa shape index (κ3) is 8.59. The number of carbonyl (C=O) groups is 1. The van der Waals surface area contributed by atoms with Crippen LogP contribution in [0.3, 0.4) is 0 Å². The van der Waals surface area contributed by atoms with Gasteiger partial charge in [0.25, 0.3) is 5.97 Å². The number of unbranched alkanes of at least 4 members (excludes halogenated alkanes) is 1. The molecule has 1 aromatic rings. The third-order valence-corrected chi connectivity index (χ3v) is 1.33. The van der Waals surface area contributed by atoms with Gasteiger partial charge in [-0.25, -0.2) is 4.98 Å². The Bertz CT molecular complexity index is 216. The average molecular weight is 184 g/mol. The predicted octanol–water partition coefficient (Wildman–Crippen LogP) is 1.77. The lowest BCUT2D eigenvalue weighted by Gasteiger charge is -1.96. The molecule has 0 amide bonds. The number of hydrogen-bond donors (Lipinski definition) is 1. The molecule has 1 N–H and O–H groups in total. The number of aromatic nitrogens is 2. The Morgan fingerprint density at radius 3 is 2.62 bits per heavy atom. The van der Waals surface area contributed by atoms with E-state index in [2.05, 4.69) is 16.5 Å². The summed E-state index contributed by atoms with van der Waals surface area (Å²) in [6.07, 6.45) is 8.16. The Morgan fingerprint density at radius 1 is 1.62 bits per heavy atom. The van der Waals surface area contributed by atoms with Crippen molar-refractivity contribution in [2.45, 2.75) is 33.2 Å². The zero-order chi connectivity index (χ0) is 10.1. The van der Waals surface area contributed by atoms with Crippen LogP contribution in [0.25, 0.3) is 0 Å². The van der Waals surface area contributed by atoms with Crippen molar-refractivity contribution in [2.75, 3.05) is 0 Å². The first-order valence-electron chi connectivity index (χ1n) is 4.32. The molecule has 1 rings (SSSR count). The second-order valence-corrected chi connectivity index (χ2v) is 2.67. The summed E-state index contributed by atoms with van der Waals surface area (Å²) in [6.45, 7) is 4.38. The van der Waals surface area contributed by atoms with Crippen LogP contribution in [0.15, 0.2) is 18.7 Å². The molecule has 0 aromatic carbocycles. The largest absolute Gasteiger partial charge is 0.481 e. The lowest BCUT2D eigenvalue weighted by molar-refractivity contribution is -0.134. The molecule has 0 fully saturated rings. The quantitative estimate of drug-likeness (QED) is 0.778. The van der Waals surface area contributed by atoms with Crippen LogP contribution in [-0.2, 0) is 11.3 Å². The molecule has 4 heteroatoms. The Morgan fingerprint density at radius 2 is 2.23 bits per heavy atom. The zero-order valence-corrected chi connectivity index (χ0v) is 8.10. The van der Waals surface area contributed by atoms with Crippen molar-refractivity contribution in [3.8, 4) is 0 Å². The highest BCUT2D eigenvalue weighted by Crippen LogP contribution is 1.92. The van der Waals surface area contributed by atoms with E-state index in [0.29, 0.717) is 0 Å². The molecule has 0 saturated carbocycles. The molecule has 0 aliphatic carbocycles. The lowest BCUT2D eigenvalue weighted by Crippen LogP contribution is -1.92. The Kier molecular flexibility index (Phi) is 6.59. The molecule has 0 bridgehead atoms. The second-order valence-electron chi connectivity index (χ2n) is 2.67. The Balaban J connectivity index is 0.000000310. The molecule has 13 heavy (non-hydrogen) atoms. The molecule has 74 valence electrons. The van der Waals surface area contributed by atoms with Gasteiger partial charge in [-0.2, -0.15) is 0 Å². The summed E-state index contributed by atoms with van der Waals surface area (Å²) in [5.74, 6) is -0.833. The van der Waals surface area contributed by atoms with Crippen LogP contribution in [-0.4, -0.2) is 20.6 Å². The molecule has 1 heterocycles. The van der Waals surface area contributed by atoms with Gasteiger partial charge in [0.2, 0.25) is 0 Å². The van der Waals surface area contributed by atoms with Gasteiger partial charge in [0.1, 0.15) is 0 Å². The summed E-state index contributed by atoms with van der Waals surface area (Å²) >= 11 is 0. The number of nitrogens with zero attached hydrogens (tertiary/aromatic N) is 2. The fraction of sp³-hybridized carbons (Fsp3) is 0.556. The van der Waals surface area contributed by atoms with E-state index < -0.39 is 5.97 Å². The molecular formula is C9H16N2O2. The Labute approximate surface area is 78.2 Å². The molecule has 0 radical (unpaired) electrons. The van der Waals surface area contributed by atoms with Gasteiger partial charge in [0.05, 0.1) is 6.33 Å². The highest BCUT2D eigenvalue weighted by atomic mass is 16.4. The van der Waals surface area contributed by atoms with E-state index in [1.54, 1.807) is 0 Å². The van der Waals surface area contributed by atoms with E-state index in [1.807, 2.05) is 18.7 Å². The van der Waals surface area contributed by atoms with Crippen LogP contribution in [0.2, 0.25) is 0 Å². The van der Waals surface area contributed by atoms with Gasteiger partial charge in [-0.15, -0.1) is 0 Å². The van der Waals surface area contributed by atoms with Crippen LogP contribution in [0.5, 0.6) is 0 Å². The standard InChI is InChI=1S/C7H12N2.C2H4O2/c1-2-3-5-9-6-4-8-7-9;1-2(3)4/h4,6-7H,2-3,5H2,1H3;1H3,(H,3,4). The summed E-state index contributed by atoms with van der Waals surface area (Å²) in [5, 5.41) is 7.42. The SMILES string of the molecule is CC(=O)O.CCCCn1ccnc1. The van der Waals surface area contributed by atoms with Gasteiger partial charge in [0.15, 0.2) is 0 Å². The monoisotopic (exact) mass is 184 g/mol. The van der Waals surface area contributed by atoms with Crippen molar-refractivity contribution in [1.29, 1.82) is 0 Å². The van der Waals surface area contributed by atoms with E-state index in [0.717, 1.165) is 13.5 Å². The maximum atomic E-state index is 9.00. The zero-order valence-electron chi connectivity index (χ0n) is 8.10. The minimum absolute atomic E-state index is 0.833. The van der Waals surface area contributed by atoms with Crippen LogP contribution in [0.4, 0.5) is 0 Å². The van der Waals surface area contributed by atoms with E-state index >= 15 is 0 Å². The highest BCUT2D eigenvalue weighted by Gasteiger charge is 1.85. The third-order valence-electron chi connectivity index (χ3n) is 1.33. The van der Waals surface area contributed by atoms with Gasteiger partial charge in [-0.1, -0.05) is 13.3 Å². The molecular weight excluding hydrogens is 168 g/mol. The van der Waals surface area contributed by atoms with Crippen LogP contribution >= 0.6 is 0 Å². The van der Waals surface area contributed by atoms with Gasteiger partial charge < -0.3 is 9.67 Å². The summed E-state index contributed by atoms with van der Waals surface area (Å²) < 4.78 is 2.10. The molecule has 4 nitrogen and oxygen atoms in total. The normalized spacial score (nSPS) is 8.77. The van der Waals surface area contributed by atoms with Gasteiger partial charge in [-0.3, -0.25) is 4.79 Å². The first kappa shape index (κ1) is 11.7. The van der Waals surface area contributed by atoms with Crippen molar-refractivity contribution in [3.63, 3.8) is 0 Å². The fourth-order valence-electron chi connectivity index (χ4n) is 0.760. The lowest BCUT2D eigenvalue weighted by atomic mass is 10.3. The van der Waals surface area contributed by atoms with Gasteiger partial charge in [-0.05, 0) is 6.42 Å². The van der Waals surface area contributed by atoms with Crippen molar-refractivity contribution in [1.82, 2.24) is 9.55 Å². The maximum absolute atomic E-state index is 9.00. The topological polar surface area (TPSA) is 55.1 Å². The van der Waals surface area contributed by atoms with Crippen molar-refractivity contribution in [2.24, 2.45) is 0 Å². The number of hydrogen-bond acceptors (Lipinski definition) is 2. The van der Waals surface area contributed by atoms with Crippen LogP contribution < -0.4 is 0 Å². The number of aryl methyl sites for hydroxylation is 1. The average Bonchev–Trinajstić information content (AvgIpc) is 2.51. The molecule has 0 aliphatic rings. The minimum atomic E-state index is -0.833. The van der Waals surface area contributed by atoms with Crippen LogP contribution in [0.1, 0.15) is 26.7 Å². The fourth-order valence-corrected chi connectivity index (χ4v) is 0.760. The van der Waals surface area contributed by atoms with E-state index in [1.165, 1.54) is 12.8 Å². The number of carboxylic acid groups (broad SMARTS) is 1. The number of imidazole rings is 1. The minimum Gasteiger partial charge on any atom is -0.481 e. The predicted molar refractivity (Wildman–Crippen MR) is 50.4 cm³/mol. The van der Waals surface area contributed by atoms with Gasteiger partial charge in [0, 0.05) is 25.9 Å². The van der Waals surface area contributed by atoms with Crippen LogP contribution in [0, 0.1) is 0 Å². The van der Waals surface area contributed by atoms with E-state index in [9.17, 15) is 0 Å².